The Balaban J connectivity index is 2.01. The van der Waals surface area contributed by atoms with Crippen molar-refractivity contribution in [1.29, 1.82) is 0 Å². The van der Waals surface area contributed by atoms with Crippen LogP contribution in [0, 0.1) is 0 Å². The topological polar surface area (TPSA) is 57.4 Å². The highest BCUT2D eigenvalue weighted by Crippen LogP contribution is 2.30. The fraction of sp³-hybridized carbons (Fsp3) is 0.0625. The van der Waals surface area contributed by atoms with Crippen LogP contribution in [0.15, 0.2) is 54.7 Å². The number of rotatable bonds is 3. The number of nitrogens with zero attached hydrogens (tertiary/aromatic N) is 1. The zero-order chi connectivity index (χ0) is 13.9. The largest absolute Gasteiger partial charge is 0.497 e. The van der Waals surface area contributed by atoms with E-state index in [1.165, 1.54) is 0 Å². The van der Waals surface area contributed by atoms with Crippen LogP contribution >= 0.6 is 0 Å². The summed E-state index contributed by atoms with van der Waals surface area (Å²) < 4.78 is 11.1. The SMILES string of the molecule is COc1ccc2c(Oc3ccc(N)cc3)ccnc2c1. The third kappa shape index (κ3) is 2.36. The molecule has 3 aromatic rings. The third-order valence-electron chi connectivity index (χ3n) is 3.02. The Morgan fingerprint density at radius 2 is 1.70 bits per heavy atom. The second kappa shape index (κ2) is 5.09. The first-order valence-electron chi connectivity index (χ1n) is 6.22. The molecule has 0 amide bonds. The van der Waals surface area contributed by atoms with Gasteiger partial charge in [0.05, 0.1) is 12.6 Å². The predicted molar refractivity (Wildman–Crippen MR) is 79.2 cm³/mol. The molecule has 0 saturated carbocycles. The Morgan fingerprint density at radius 3 is 2.45 bits per heavy atom. The fourth-order valence-electron chi connectivity index (χ4n) is 1.98. The number of hydrogen-bond donors (Lipinski definition) is 1. The molecule has 0 aliphatic rings. The van der Waals surface area contributed by atoms with E-state index in [9.17, 15) is 0 Å². The Kier molecular flexibility index (Phi) is 3.13. The molecule has 4 heteroatoms. The number of nitrogen functional groups attached to an aromatic ring is 1. The molecule has 100 valence electrons. The first-order valence-corrected chi connectivity index (χ1v) is 6.22. The van der Waals surface area contributed by atoms with Crippen LogP contribution in [0.5, 0.6) is 17.2 Å². The first-order chi connectivity index (χ1) is 9.76. The van der Waals surface area contributed by atoms with Gasteiger partial charge in [-0.15, -0.1) is 0 Å². The Morgan fingerprint density at radius 1 is 0.950 bits per heavy atom. The number of methoxy groups -OCH3 is 1. The quantitative estimate of drug-likeness (QED) is 0.736. The third-order valence-corrected chi connectivity index (χ3v) is 3.02. The van der Waals surface area contributed by atoms with E-state index in [2.05, 4.69) is 4.98 Å². The smallest absolute Gasteiger partial charge is 0.138 e. The lowest BCUT2D eigenvalue weighted by atomic mass is 10.2. The van der Waals surface area contributed by atoms with Crippen molar-refractivity contribution in [2.75, 3.05) is 12.8 Å². The van der Waals surface area contributed by atoms with Gasteiger partial charge in [-0.1, -0.05) is 0 Å². The van der Waals surface area contributed by atoms with E-state index < -0.39 is 0 Å². The van der Waals surface area contributed by atoms with E-state index in [1.54, 1.807) is 13.3 Å². The van der Waals surface area contributed by atoms with Crippen LogP contribution in [-0.2, 0) is 0 Å². The average Bonchev–Trinajstić information content (AvgIpc) is 2.49. The van der Waals surface area contributed by atoms with E-state index in [4.69, 9.17) is 15.2 Å². The number of nitrogens with two attached hydrogens (primary N) is 1. The van der Waals surface area contributed by atoms with Crippen LogP contribution in [-0.4, -0.2) is 12.1 Å². The highest BCUT2D eigenvalue weighted by atomic mass is 16.5. The average molecular weight is 266 g/mol. The summed E-state index contributed by atoms with van der Waals surface area (Å²) in [7, 11) is 1.63. The summed E-state index contributed by atoms with van der Waals surface area (Å²) in [5.74, 6) is 2.26. The lowest BCUT2D eigenvalue weighted by molar-refractivity contribution is 0.415. The van der Waals surface area contributed by atoms with Crippen LogP contribution in [0.4, 0.5) is 5.69 Å². The summed E-state index contributed by atoms with van der Waals surface area (Å²) in [5, 5.41) is 0.935. The number of hydrogen-bond acceptors (Lipinski definition) is 4. The van der Waals surface area contributed by atoms with Gasteiger partial charge in [0.25, 0.3) is 0 Å². The van der Waals surface area contributed by atoms with Gasteiger partial charge in [0, 0.05) is 23.3 Å². The zero-order valence-corrected chi connectivity index (χ0v) is 11.0. The van der Waals surface area contributed by atoms with E-state index >= 15 is 0 Å². The molecule has 3 rings (SSSR count). The van der Waals surface area contributed by atoms with E-state index in [0.29, 0.717) is 5.69 Å². The van der Waals surface area contributed by atoms with Gasteiger partial charge in [-0.3, -0.25) is 4.98 Å². The second-order valence-electron chi connectivity index (χ2n) is 4.36. The normalized spacial score (nSPS) is 10.4. The van der Waals surface area contributed by atoms with Gasteiger partial charge in [-0.05, 0) is 42.5 Å². The van der Waals surface area contributed by atoms with Crippen LogP contribution in [0.1, 0.15) is 0 Å². The maximum absolute atomic E-state index is 5.88. The van der Waals surface area contributed by atoms with Gasteiger partial charge in [0.2, 0.25) is 0 Å². The molecular weight excluding hydrogens is 252 g/mol. The molecule has 1 aromatic heterocycles. The molecule has 20 heavy (non-hydrogen) atoms. The summed E-state index contributed by atoms with van der Waals surface area (Å²) in [6.45, 7) is 0. The molecule has 0 aliphatic carbocycles. The molecule has 0 radical (unpaired) electrons. The van der Waals surface area contributed by atoms with Crippen molar-refractivity contribution in [3.63, 3.8) is 0 Å². The van der Waals surface area contributed by atoms with Crippen molar-refractivity contribution >= 4 is 16.6 Å². The maximum atomic E-state index is 5.88. The van der Waals surface area contributed by atoms with Crippen molar-refractivity contribution in [2.24, 2.45) is 0 Å². The molecule has 4 nitrogen and oxygen atoms in total. The van der Waals surface area contributed by atoms with Crippen LogP contribution < -0.4 is 15.2 Å². The van der Waals surface area contributed by atoms with Gasteiger partial charge in [0.15, 0.2) is 0 Å². The molecule has 0 bridgehead atoms. The van der Waals surface area contributed by atoms with Crippen molar-refractivity contribution in [3.8, 4) is 17.2 Å². The lowest BCUT2D eigenvalue weighted by Crippen LogP contribution is -1.90. The summed E-state index contributed by atoms with van der Waals surface area (Å²) in [5.41, 5.74) is 7.20. The molecule has 1 heterocycles. The van der Waals surface area contributed by atoms with Crippen LogP contribution in [0.2, 0.25) is 0 Å². The van der Waals surface area contributed by atoms with Gasteiger partial charge >= 0.3 is 0 Å². The fourth-order valence-corrected chi connectivity index (χ4v) is 1.98. The minimum absolute atomic E-state index is 0.710. The van der Waals surface area contributed by atoms with Crippen molar-refractivity contribution in [3.05, 3.63) is 54.7 Å². The van der Waals surface area contributed by atoms with Gasteiger partial charge in [0.1, 0.15) is 17.2 Å². The highest BCUT2D eigenvalue weighted by molar-refractivity contribution is 5.86. The number of anilines is 1. The number of ether oxygens (including phenoxy) is 2. The standard InChI is InChI=1S/C16H14N2O2/c1-19-13-6-7-14-15(10-13)18-9-8-16(14)20-12-4-2-11(17)3-5-12/h2-10H,17H2,1H3. The summed E-state index contributed by atoms with van der Waals surface area (Å²) in [6.07, 6.45) is 1.72. The number of fused-ring (bicyclic) bond motifs is 1. The predicted octanol–water partition coefficient (Wildman–Crippen LogP) is 3.62. The monoisotopic (exact) mass is 266 g/mol. The minimum atomic E-state index is 0.710. The minimum Gasteiger partial charge on any atom is -0.497 e. The lowest BCUT2D eigenvalue weighted by Gasteiger charge is -2.09. The molecule has 0 aliphatic heterocycles. The zero-order valence-electron chi connectivity index (χ0n) is 11.0. The molecule has 0 fully saturated rings. The van der Waals surface area contributed by atoms with Crippen LogP contribution in [0.25, 0.3) is 10.9 Å². The van der Waals surface area contributed by atoms with Crippen molar-refractivity contribution in [1.82, 2.24) is 4.98 Å². The second-order valence-corrected chi connectivity index (χ2v) is 4.36. The molecule has 0 unspecified atom stereocenters. The molecule has 0 atom stereocenters. The molecular formula is C16H14N2O2. The van der Waals surface area contributed by atoms with Gasteiger partial charge in [-0.25, -0.2) is 0 Å². The van der Waals surface area contributed by atoms with E-state index in [-0.39, 0.29) is 0 Å². The summed E-state index contributed by atoms with van der Waals surface area (Å²) in [4.78, 5) is 4.33. The van der Waals surface area contributed by atoms with E-state index in [1.807, 2.05) is 48.5 Å². The molecule has 2 aromatic carbocycles. The Bertz CT molecular complexity index is 739. The van der Waals surface area contributed by atoms with Crippen LogP contribution in [0.3, 0.4) is 0 Å². The first kappa shape index (κ1) is 12.3. The van der Waals surface area contributed by atoms with E-state index in [0.717, 1.165) is 28.2 Å². The molecule has 0 saturated heterocycles. The van der Waals surface area contributed by atoms with Gasteiger partial charge < -0.3 is 15.2 Å². The number of benzene rings is 2. The molecule has 2 N–H and O–H groups in total. The molecule has 0 spiro atoms. The highest BCUT2D eigenvalue weighted by Gasteiger charge is 2.05. The number of pyridine rings is 1. The number of aromatic nitrogens is 1. The van der Waals surface area contributed by atoms with Crippen molar-refractivity contribution in [2.45, 2.75) is 0 Å². The maximum Gasteiger partial charge on any atom is 0.138 e. The Labute approximate surface area is 116 Å². The Hall–Kier alpha value is -2.75. The van der Waals surface area contributed by atoms with Crippen molar-refractivity contribution < 1.29 is 9.47 Å². The summed E-state index contributed by atoms with van der Waals surface area (Å²) in [6, 6.07) is 14.8. The van der Waals surface area contributed by atoms with Gasteiger partial charge in [-0.2, -0.15) is 0 Å². The summed E-state index contributed by atoms with van der Waals surface area (Å²) >= 11 is 0.